The average Bonchev–Trinajstić information content (AvgIpc) is 3.58. The molecule has 0 aliphatic carbocycles. The smallest absolute Gasteiger partial charge is 0.284 e. The molecule has 1 atom stereocenters. The fourth-order valence-corrected chi connectivity index (χ4v) is 3.94. The van der Waals surface area contributed by atoms with Gasteiger partial charge in [0.05, 0.1) is 24.0 Å². The minimum atomic E-state index is -0.291. The van der Waals surface area contributed by atoms with E-state index in [1.807, 2.05) is 43.3 Å². The van der Waals surface area contributed by atoms with Gasteiger partial charge in [0.2, 0.25) is 0 Å². The highest BCUT2D eigenvalue weighted by Gasteiger charge is 2.35. The Bertz CT molecular complexity index is 1200. The fourth-order valence-electron chi connectivity index (χ4n) is 3.32. The number of hydrazone groups is 1. The summed E-state index contributed by atoms with van der Waals surface area (Å²) < 4.78 is 16.4. The molecule has 0 radical (unpaired) electrons. The summed E-state index contributed by atoms with van der Waals surface area (Å²) in [6.45, 7) is 2.04. The Balaban J connectivity index is 1.33. The van der Waals surface area contributed by atoms with Gasteiger partial charge >= 0.3 is 0 Å². The van der Waals surface area contributed by atoms with Crippen molar-refractivity contribution in [3.8, 4) is 11.7 Å². The number of aromatic nitrogens is 2. The number of carbonyl (C=O) groups excluding carboxylic acids is 1. The number of nitrogens with zero attached hydrogens (tertiary/aromatic N) is 4. The molecular weight excluding hydrogens is 416 g/mol. The molecule has 3 aromatic heterocycles. The van der Waals surface area contributed by atoms with Crippen molar-refractivity contribution in [3.63, 3.8) is 0 Å². The molecule has 4 heterocycles. The van der Waals surface area contributed by atoms with Crippen molar-refractivity contribution >= 4 is 23.4 Å². The van der Waals surface area contributed by atoms with E-state index < -0.39 is 0 Å². The Morgan fingerprint density at radius 1 is 1.10 bits per heavy atom. The third-order valence-corrected chi connectivity index (χ3v) is 5.68. The van der Waals surface area contributed by atoms with Gasteiger partial charge in [-0.1, -0.05) is 41.6 Å². The number of hydrogen-bond donors (Lipinski definition) is 0. The van der Waals surface area contributed by atoms with Crippen LogP contribution in [0.3, 0.4) is 0 Å². The van der Waals surface area contributed by atoms with Gasteiger partial charge in [-0.25, -0.2) is 5.01 Å². The molecule has 4 aromatic rings. The van der Waals surface area contributed by atoms with Gasteiger partial charge in [-0.2, -0.15) is 5.10 Å². The van der Waals surface area contributed by atoms with Crippen LogP contribution in [0.1, 0.15) is 29.3 Å². The summed E-state index contributed by atoms with van der Waals surface area (Å²) in [5.74, 6) is 1.37. The predicted molar refractivity (Wildman–Crippen MR) is 113 cm³/mol. The standard InChI is InChI=1S/C22H18N4O4S/c1-14-6-8-15(9-7-14)16-12-17(18-4-2-10-28-18)26(25-16)20(27)13-31-22-24-23-21(30-22)19-5-3-11-29-19/h2-11,17H,12-13H2,1H3/t17-/m0/s1. The highest BCUT2D eigenvalue weighted by molar-refractivity contribution is 7.99. The maximum atomic E-state index is 13.0. The summed E-state index contributed by atoms with van der Waals surface area (Å²) in [5, 5.41) is 14.3. The second-order valence-electron chi connectivity index (χ2n) is 7.03. The number of carbonyl (C=O) groups is 1. The zero-order chi connectivity index (χ0) is 21.2. The van der Waals surface area contributed by atoms with Crippen molar-refractivity contribution < 1.29 is 18.0 Å². The zero-order valence-corrected chi connectivity index (χ0v) is 17.4. The summed E-state index contributed by atoms with van der Waals surface area (Å²) in [6, 6.07) is 15.0. The van der Waals surface area contributed by atoms with Gasteiger partial charge in [-0.15, -0.1) is 10.2 Å². The lowest BCUT2D eigenvalue weighted by atomic mass is 10.0. The quantitative estimate of drug-likeness (QED) is 0.406. The number of rotatable bonds is 6. The number of hydrogen-bond acceptors (Lipinski definition) is 8. The lowest BCUT2D eigenvalue weighted by Crippen LogP contribution is -2.28. The average molecular weight is 434 g/mol. The van der Waals surface area contributed by atoms with E-state index in [4.69, 9.17) is 13.3 Å². The maximum absolute atomic E-state index is 13.0. The van der Waals surface area contributed by atoms with E-state index in [-0.39, 0.29) is 28.8 Å². The monoisotopic (exact) mass is 434 g/mol. The first kappa shape index (κ1) is 19.4. The van der Waals surface area contributed by atoms with Gasteiger partial charge in [-0.3, -0.25) is 4.79 Å². The normalized spacial score (nSPS) is 16.0. The number of aryl methyl sites for hydroxylation is 1. The molecule has 0 bridgehead atoms. The molecule has 8 nitrogen and oxygen atoms in total. The van der Waals surface area contributed by atoms with Gasteiger partial charge in [0.1, 0.15) is 11.8 Å². The van der Waals surface area contributed by atoms with Crippen molar-refractivity contribution in [2.45, 2.75) is 24.6 Å². The highest BCUT2D eigenvalue weighted by atomic mass is 32.2. The summed E-state index contributed by atoms with van der Waals surface area (Å²) in [4.78, 5) is 13.0. The summed E-state index contributed by atoms with van der Waals surface area (Å²) in [5.41, 5.74) is 3.01. The molecule has 156 valence electrons. The molecule has 0 spiro atoms. The minimum absolute atomic E-state index is 0.0989. The van der Waals surface area contributed by atoms with E-state index in [1.54, 1.807) is 18.4 Å². The molecule has 1 aliphatic heterocycles. The summed E-state index contributed by atoms with van der Waals surface area (Å²) >= 11 is 1.16. The van der Waals surface area contributed by atoms with Gasteiger partial charge in [-0.05, 0) is 36.8 Å². The highest BCUT2D eigenvalue weighted by Crippen LogP contribution is 2.34. The van der Waals surface area contributed by atoms with Crippen molar-refractivity contribution in [3.05, 3.63) is 77.9 Å². The number of thioether (sulfide) groups is 1. The SMILES string of the molecule is Cc1ccc(C2=NN(C(=O)CSc3nnc(-c4ccco4)o3)[C@H](c3ccco3)C2)cc1. The van der Waals surface area contributed by atoms with Crippen LogP contribution in [0.2, 0.25) is 0 Å². The molecule has 31 heavy (non-hydrogen) atoms. The lowest BCUT2D eigenvalue weighted by Gasteiger charge is -2.19. The van der Waals surface area contributed by atoms with Crippen LogP contribution in [0.5, 0.6) is 0 Å². The van der Waals surface area contributed by atoms with E-state index in [2.05, 4.69) is 15.3 Å². The Labute approximate surface area is 181 Å². The number of benzene rings is 1. The van der Waals surface area contributed by atoms with Gasteiger partial charge in [0.25, 0.3) is 17.0 Å². The minimum Gasteiger partial charge on any atom is -0.467 e. The zero-order valence-electron chi connectivity index (χ0n) is 16.6. The molecule has 0 N–H and O–H groups in total. The molecule has 9 heteroatoms. The molecule has 1 amide bonds. The predicted octanol–water partition coefficient (Wildman–Crippen LogP) is 4.70. The Morgan fingerprint density at radius 3 is 2.65 bits per heavy atom. The van der Waals surface area contributed by atoms with Crippen molar-refractivity contribution in [2.75, 3.05) is 5.75 Å². The number of furan rings is 2. The molecule has 1 aliphatic rings. The fraction of sp³-hybridized carbons (Fsp3) is 0.182. The van der Waals surface area contributed by atoms with E-state index in [1.165, 1.54) is 16.8 Å². The van der Waals surface area contributed by atoms with Crippen LogP contribution in [0.4, 0.5) is 0 Å². The first-order chi connectivity index (χ1) is 15.2. The molecule has 0 fully saturated rings. The van der Waals surface area contributed by atoms with E-state index >= 15 is 0 Å². The van der Waals surface area contributed by atoms with Crippen LogP contribution in [0.25, 0.3) is 11.7 Å². The van der Waals surface area contributed by atoms with Crippen LogP contribution < -0.4 is 0 Å². The Hall–Kier alpha value is -3.59. The Morgan fingerprint density at radius 2 is 1.90 bits per heavy atom. The third-order valence-electron chi connectivity index (χ3n) is 4.88. The van der Waals surface area contributed by atoms with Crippen LogP contribution >= 0.6 is 11.8 Å². The lowest BCUT2D eigenvalue weighted by molar-refractivity contribution is -0.130. The topological polar surface area (TPSA) is 97.9 Å². The van der Waals surface area contributed by atoms with E-state index in [0.29, 0.717) is 17.9 Å². The molecule has 5 rings (SSSR count). The molecule has 0 saturated carbocycles. The largest absolute Gasteiger partial charge is 0.467 e. The van der Waals surface area contributed by atoms with Crippen molar-refractivity contribution in [2.24, 2.45) is 5.10 Å². The molecule has 0 saturated heterocycles. The third kappa shape index (κ3) is 4.04. The summed E-state index contributed by atoms with van der Waals surface area (Å²) in [6.07, 6.45) is 3.71. The first-order valence-electron chi connectivity index (χ1n) is 9.67. The van der Waals surface area contributed by atoms with Gasteiger partial charge < -0.3 is 13.3 Å². The first-order valence-corrected chi connectivity index (χ1v) is 10.7. The van der Waals surface area contributed by atoms with E-state index in [0.717, 1.165) is 23.0 Å². The van der Waals surface area contributed by atoms with Crippen LogP contribution in [-0.4, -0.2) is 32.6 Å². The van der Waals surface area contributed by atoms with Crippen molar-refractivity contribution in [1.82, 2.24) is 15.2 Å². The maximum Gasteiger partial charge on any atom is 0.284 e. The second kappa shape index (κ2) is 8.27. The van der Waals surface area contributed by atoms with Crippen LogP contribution in [-0.2, 0) is 4.79 Å². The van der Waals surface area contributed by atoms with Crippen LogP contribution in [0, 0.1) is 6.92 Å². The Kier molecular flexibility index (Phi) is 5.17. The van der Waals surface area contributed by atoms with Crippen molar-refractivity contribution in [1.29, 1.82) is 0 Å². The summed E-state index contributed by atoms with van der Waals surface area (Å²) in [7, 11) is 0. The molecule has 1 aromatic carbocycles. The van der Waals surface area contributed by atoms with Crippen LogP contribution in [0.15, 0.2) is 84.6 Å². The van der Waals surface area contributed by atoms with Gasteiger partial charge in [0, 0.05) is 6.42 Å². The van der Waals surface area contributed by atoms with E-state index in [9.17, 15) is 4.79 Å². The molecule has 0 unspecified atom stereocenters. The molecular formula is C22H18N4O4S. The second-order valence-corrected chi connectivity index (χ2v) is 7.95. The van der Waals surface area contributed by atoms with Gasteiger partial charge in [0.15, 0.2) is 5.76 Å². The number of amides is 1.